The minimum Gasteiger partial charge on any atom is -0.357 e. The van der Waals surface area contributed by atoms with Crippen molar-refractivity contribution in [3.8, 4) is 0 Å². The Kier molecular flexibility index (Phi) is 2.17. The fraction of sp³-hybridized carbons (Fsp3) is 0.250. The van der Waals surface area contributed by atoms with E-state index in [4.69, 9.17) is 0 Å². The maximum absolute atomic E-state index is 2.57. The van der Waals surface area contributed by atoms with Crippen LogP contribution in [0, 0.1) is 0 Å². The maximum atomic E-state index is 2.57. The molecule has 0 amide bonds. The van der Waals surface area contributed by atoms with Crippen molar-refractivity contribution in [3.63, 3.8) is 0 Å². The second-order valence-corrected chi connectivity index (χ2v) is 5.09. The number of hydrogen-bond acceptors (Lipinski definition) is 2. The standard InChI is InChI=1S/C16H16N2/c1-2-6-13(7-3-1)16-14-8-4-5-9-15(14)17-10-11-18(16)12-17/h1-9,16H,10-12H2. The van der Waals surface area contributed by atoms with E-state index in [9.17, 15) is 0 Å². The monoisotopic (exact) mass is 236 g/mol. The Labute approximate surface area is 107 Å². The zero-order valence-electron chi connectivity index (χ0n) is 10.3. The lowest BCUT2D eigenvalue weighted by molar-refractivity contribution is 0.275. The van der Waals surface area contributed by atoms with Crippen LogP contribution in [0.15, 0.2) is 54.6 Å². The van der Waals surface area contributed by atoms with Gasteiger partial charge in [-0.25, -0.2) is 0 Å². The highest BCUT2D eigenvalue weighted by molar-refractivity contribution is 5.60. The van der Waals surface area contributed by atoms with Crippen LogP contribution in [0.25, 0.3) is 0 Å². The first kappa shape index (κ1) is 10.2. The molecule has 2 aromatic rings. The Morgan fingerprint density at radius 1 is 0.833 bits per heavy atom. The maximum Gasteiger partial charge on any atom is 0.0716 e. The van der Waals surface area contributed by atoms with E-state index in [1.54, 1.807) is 0 Å². The van der Waals surface area contributed by atoms with Crippen molar-refractivity contribution >= 4 is 5.69 Å². The van der Waals surface area contributed by atoms with Crippen molar-refractivity contribution in [2.45, 2.75) is 6.04 Å². The molecule has 2 nitrogen and oxygen atoms in total. The minimum absolute atomic E-state index is 0.432. The van der Waals surface area contributed by atoms with Gasteiger partial charge in [0, 0.05) is 18.8 Å². The molecule has 0 aliphatic carbocycles. The van der Waals surface area contributed by atoms with Gasteiger partial charge < -0.3 is 4.90 Å². The van der Waals surface area contributed by atoms with Crippen LogP contribution >= 0.6 is 0 Å². The Balaban J connectivity index is 1.89. The molecule has 1 fully saturated rings. The topological polar surface area (TPSA) is 6.48 Å². The molecule has 0 saturated carbocycles. The molecule has 2 bridgehead atoms. The lowest BCUT2D eigenvalue weighted by Gasteiger charge is -2.36. The van der Waals surface area contributed by atoms with Gasteiger partial charge in [-0.05, 0) is 17.2 Å². The van der Waals surface area contributed by atoms with Crippen LogP contribution in [-0.4, -0.2) is 24.7 Å². The van der Waals surface area contributed by atoms with E-state index in [0.29, 0.717) is 6.04 Å². The first-order valence-electron chi connectivity index (χ1n) is 6.56. The average molecular weight is 236 g/mol. The molecule has 90 valence electrons. The number of anilines is 1. The van der Waals surface area contributed by atoms with Gasteiger partial charge in [-0.3, -0.25) is 4.90 Å². The van der Waals surface area contributed by atoms with Gasteiger partial charge in [0.2, 0.25) is 0 Å². The fourth-order valence-electron chi connectivity index (χ4n) is 3.25. The Morgan fingerprint density at radius 3 is 2.50 bits per heavy atom. The minimum atomic E-state index is 0.432. The van der Waals surface area contributed by atoms with Gasteiger partial charge in [0.1, 0.15) is 0 Å². The molecule has 2 heteroatoms. The molecular formula is C16H16N2. The molecule has 0 N–H and O–H groups in total. The van der Waals surface area contributed by atoms with Crippen LogP contribution in [0.1, 0.15) is 17.2 Å². The molecule has 18 heavy (non-hydrogen) atoms. The number of nitrogens with zero attached hydrogens (tertiary/aromatic N) is 2. The van der Waals surface area contributed by atoms with Gasteiger partial charge in [0.05, 0.1) is 12.7 Å². The number of para-hydroxylation sites is 1. The summed E-state index contributed by atoms with van der Waals surface area (Å²) < 4.78 is 0. The normalized spacial score (nSPS) is 25.0. The van der Waals surface area contributed by atoms with Gasteiger partial charge in [-0.1, -0.05) is 48.5 Å². The highest BCUT2D eigenvalue weighted by Gasteiger charge is 2.36. The first-order valence-corrected chi connectivity index (χ1v) is 6.56. The van der Waals surface area contributed by atoms with E-state index in [0.717, 1.165) is 19.8 Å². The Morgan fingerprint density at radius 2 is 1.61 bits per heavy atom. The van der Waals surface area contributed by atoms with Crippen molar-refractivity contribution in [2.24, 2.45) is 0 Å². The number of fused-ring (bicyclic) bond motifs is 4. The van der Waals surface area contributed by atoms with Crippen molar-refractivity contribution in [3.05, 3.63) is 65.7 Å². The first-order chi connectivity index (χ1) is 8.93. The summed E-state index contributed by atoms with van der Waals surface area (Å²) in [5, 5.41) is 0. The molecule has 2 heterocycles. The van der Waals surface area contributed by atoms with Crippen molar-refractivity contribution < 1.29 is 0 Å². The van der Waals surface area contributed by atoms with Gasteiger partial charge in [-0.2, -0.15) is 0 Å². The highest BCUT2D eigenvalue weighted by atomic mass is 15.4. The van der Waals surface area contributed by atoms with E-state index in [-0.39, 0.29) is 0 Å². The zero-order valence-corrected chi connectivity index (χ0v) is 10.3. The molecule has 0 aromatic heterocycles. The third-order valence-corrected chi connectivity index (χ3v) is 4.06. The molecule has 2 aromatic carbocycles. The molecule has 0 spiro atoms. The lowest BCUT2D eigenvalue weighted by atomic mass is 9.95. The zero-order chi connectivity index (χ0) is 11.9. The third-order valence-electron chi connectivity index (χ3n) is 4.06. The lowest BCUT2D eigenvalue weighted by Crippen LogP contribution is -2.35. The molecule has 2 aliphatic rings. The summed E-state index contributed by atoms with van der Waals surface area (Å²) in [6, 6.07) is 20.1. The summed E-state index contributed by atoms with van der Waals surface area (Å²) in [6.07, 6.45) is 0. The summed E-state index contributed by atoms with van der Waals surface area (Å²) in [7, 11) is 0. The van der Waals surface area contributed by atoms with E-state index in [1.807, 2.05) is 0 Å². The van der Waals surface area contributed by atoms with E-state index in [2.05, 4.69) is 64.4 Å². The smallest absolute Gasteiger partial charge is 0.0716 e. The van der Waals surface area contributed by atoms with Gasteiger partial charge >= 0.3 is 0 Å². The van der Waals surface area contributed by atoms with Crippen LogP contribution in [0.2, 0.25) is 0 Å². The van der Waals surface area contributed by atoms with E-state index < -0.39 is 0 Å². The summed E-state index contributed by atoms with van der Waals surface area (Å²) in [5.41, 5.74) is 4.28. The van der Waals surface area contributed by atoms with E-state index in [1.165, 1.54) is 16.8 Å². The van der Waals surface area contributed by atoms with Crippen LogP contribution in [-0.2, 0) is 0 Å². The van der Waals surface area contributed by atoms with Gasteiger partial charge in [-0.15, -0.1) is 0 Å². The summed E-state index contributed by atoms with van der Waals surface area (Å²) in [4.78, 5) is 5.05. The number of hydrogen-bond donors (Lipinski definition) is 0. The fourth-order valence-corrected chi connectivity index (χ4v) is 3.25. The quantitative estimate of drug-likeness (QED) is 0.751. The molecule has 0 radical (unpaired) electrons. The molecule has 1 saturated heterocycles. The highest BCUT2D eigenvalue weighted by Crippen LogP contribution is 2.41. The molecular weight excluding hydrogens is 220 g/mol. The molecule has 2 aliphatic heterocycles. The van der Waals surface area contributed by atoms with Crippen LogP contribution in [0.5, 0.6) is 0 Å². The van der Waals surface area contributed by atoms with Gasteiger partial charge in [0.25, 0.3) is 0 Å². The molecule has 2 unspecified atom stereocenters. The summed E-state index contributed by atoms with van der Waals surface area (Å²) in [5.74, 6) is 0. The van der Waals surface area contributed by atoms with Crippen molar-refractivity contribution in [1.82, 2.24) is 4.90 Å². The average Bonchev–Trinajstić information content (AvgIpc) is 2.85. The van der Waals surface area contributed by atoms with Gasteiger partial charge in [0.15, 0.2) is 0 Å². The van der Waals surface area contributed by atoms with Crippen LogP contribution < -0.4 is 4.90 Å². The Bertz CT molecular complexity index is 564. The van der Waals surface area contributed by atoms with Crippen LogP contribution in [0.3, 0.4) is 0 Å². The molecule has 2 atom stereocenters. The predicted molar refractivity (Wildman–Crippen MR) is 73.6 cm³/mol. The number of rotatable bonds is 1. The van der Waals surface area contributed by atoms with Crippen molar-refractivity contribution in [1.29, 1.82) is 0 Å². The predicted octanol–water partition coefficient (Wildman–Crippen LogP) is 2.87. The molecule has 4 rings (SSSR count). The summed E-state index contributed by atoms with van der Waals surface area (Å²) in [6.45, 7) is 3.38. The Hall–Kier alpha value is -1.80. The SMILES string of the molecule is c1ccc(C2c3ccccc3N3CCN2C3)cc1. The number of benzene rings is 2. The second-order valence-electron chi connectivity index (χ2n) is 5.09. The largest absolute Gasteiger partial charge is 0.357 e. The third kappa shape index (κ3) is 1.39. The van der Waals surface area contributed by atoms with Crippen LogP contribution in [0.4, 0.5) is 5.69 Å². The van der Waals surface area contributed by atoms with E-state index >= 15 is 0 Å². The van der Waals surface area contributed by atoms with Crippen molar-refractivity contribution in [2.75, 3.05) is 24.7 Å². The summed E-state index contributed by atoms with van der Waals surface area (Å²) >= 11 is 0. The second kappa shape index (κ2) is 3.85.